The number of hydrogen-bond acceptors (Lipinski definition) is 0. The van der Waals surface area contributed by atoms with Crippen LogP contribution in [0.15, 0.2) is 35.6 Å². The van der Waals surface area contributed by atoms with E-state index in [9.17, 15) is 0 Å². The standard InChI is InChI=1S/C14H19P/c1-5-15-12(13(15)14(2,3)4)11-9-7-6-8-10-11/h6-10H,5H2,1-4H3/t15-/m0/s1. The maximum absolute atomic E-state index is 2.34. The summed E-state index contributed by atoms with van der Waals surface area (Å²) >= 11 is 0. The number of allylic oxidation sites excluding steroid dienone is 1. The van der Waals surface area contributed by atoms with E-state index in [0.29, 0.717) is 5.41 Å². The smallest absolute Gasteiger partial charge is 0.00810 e. The monoisotopic (exact) mass is 218 g/mol. The molecule has 80 valence electrons. The first-order chi connectivity index (χ1) is 7.05. The molecule has 0 nitrogen and oxygen atoms in total. The molecule has 0 N–H and O–H groups in total. The van der Waals surface area contributed by atoms with Gasteiger partial charge in [0.25, 0.3) is 0 Å². The van der Waals surface area contributed by atoms with Crippen LogP contribution in [0.25, 0.3) is 5.31 Å². The molecule has 0 saturated heterocycles. The summed E-state index contributed by atoms with van der Waals surface area (Å²) in [5.74, 6) is 0. The molecule has 0 unspecified atom stereocenters. The first kappa shape index (κ1) is 10.9. The molecular weight excluding hydrogens is 199 g/mol. The van der Waals surface area contributed by atoms with Crippen LogP contribution in [0.3, 0.4) is 0 Å². The molecule has 1 aliphatic heterocycles. The van der Waals surface area contributed by atoms with Gasteiger partial charge in [-0.05, 0) is 35.7 Å². The van der Waals surface area contributed by atoms with Crippen molar-refractivity contribution in [2.45, 2.75) is 27.7 Å². The van der Waals surface area contributed by atoms with Gasteiger partial charge >= 0.3 is 0 Å². The Morgan fingerprint density at radius 2 is 1.67 bits per heavy atom. The Bertz CT molecular complexity index is 382. The first-order valence-electron chi connectivity index (χ1n) is 5.63. The van der Waals surface area contributed by atoms with Crippen LogP contribution in [0, 0.1) is 5.41 Å². The van der Waals surface area contributed by atoms with Crippen LogP contribution in [0.4, 0.5) is 0 Å². The number of rotatable bonds is 2. The molecule has 1 aromatic carbocycles. The van der Waals surface area contributed by atoms with E-state index in [2.05, 4.69) is 58.0 Å². The highest BCUT2D eigenvalue weighted by atomic mass is 31.1. The summed E-state index contributed by atoms with van der Waals surface area (Å²) in [5.41, 5.74) is 1.82. The summed E-state index contributed by atoms with van der Waals surface area (Å²) in [6.45, 7) is 9.32. The van der Waals surface area contributed by atoms with Crippen LogP contribution in [-0.2, 0) is 0 Å². The van der Waals surface area contributed by atoms with E-state index in [1.807, 2.05) is 0 Å². The van der Waals surface area contributed by atoms with Crippen LogP contribution in [0.1, 0.15) is 33.3 Å². The van der Waals surface area contributed by atoms with E-state index in [1.165, 1.54) is 11.7 Å². The second-order valence-corrected chi connectivity index (χ2v) is 7.44. The zero-order chi connectivity index (χ0) is 11.1. The molecule has 1 heteroatoms. The number of benzene rings is 1. The van der Waals surface area contributed by atoms with Gasteiger partial charge in [-0.3, -0.25) is 0 Å². The Kier molecular flexibility index (Phi) is 2.73. The Balaban J connectivity index is 2.34. The molecule has 15 heavy (non-hydrogen) atoms. The Hall–Kier alpha value is -0.610. The summed E-state index contributed by atoms with van der Waals surface area (Å²) in [6.07, 6.45) is 1.31. The quantitative estimate of drug-likeness (QED) is 0.618. The van der Waals surface area contributed by atoms with Crippen LogP contribution in [-0.4, -0.2) is 6.16 Å². The van der Waals surface area contributed by atoms with Gasteiger partial charge in [-0.1, -0.05) is 58.0 Å². The van der Waals surface area contributed by atoms with Crippen LogP contribution in [0.2, 0.25) is 0 Å². The number of hydrogen-bond donors (Lipinski definition) is 0. The van der Waals surface area contributed by atoms with Crippen molar-refractivity contribution < 1.29 is 0 Å². The van der Waals surface area contributed by atoms with Gasteiger partial charge in [-0.25, -0.2) is 0 Å². The average molecular weight is 218 g/mol. The van der Waals surface area contributed by atoms with E-state index < -0.39 is 0 Å². The summed E-state index contributed by atoms with van der Waals surface area (Å²) in [4.78, 5) is 0. The molecule has 0 amide bonds. The lowest BCUT2D eigenvalue weighted by atomic mass is 9.95. The highest BCUT2D eigenvalue weighted by Crippen LogP contribution is 2.78. The lowest BCUT2D eigenvalue weighted by molar-refractivity contribution is 0.539. The Labute approximate surface area is 94.2 Å². The highest BCUT2D eigenvalue weighted by Gasteiger charge is 2.41. The maximum atomic E-state index is 2.34. The summed E-state index contributed by atoms with van der Waals surface area (Å²) < 4.78 is 0. The Morgan fingerprint density at radius 1 is 1.07 bits per heavy atom. The molecule has 0 radical (unpaired) electrons. The van der Waals surface area contributed by atoms with E-state index in [-0.39, 0.29) is 7.92 Å². The van der Waals surface area contributed by atoms with E-state index in [1.54, 1.807) is 10.6 Å². The first-order valence-corrected chi connectivity index (χ1v) is 7.16. The molecule has 0 spiro atoms. The zero-order valence-electron chi connectivity index (χ0n) is 10.0. The molecule has 1 atom stereocenters. The molecule has 0 fully saturated rings. The Morgan fingerprint density at radius 3 is 2.07 bits per heavy atom. The van der Waals surface area contributed by atoms with Crippen molar-refractivity contribution >= 4 is 13.2 Å². The lowest BCUT2D eigenvalue weighted by Gasteiger charge is -2.14. The van der Waals surface area contributed by atoms with Gasteiger partial charge in [0.2, 0.25) is 0 Å². The van der Waals surface area contributed by atoms with Gasteiger partial charge < -0.3 is 0 Å². The van der Waals surface area contributed by atoms with Crippen LogP contribution < -0.4 is 0 Å². The molecule has 1 heterocycles. The summed E-state index contributed by atoms with van der Waals surface area (Å²) in [7, 11) is 0.0939. The van der Waals surface area contributed by atoms with Gasteiger partial charge in [0.1, 0.15) is 0 Å². The maximum Gasteiger partial charge on any atom is -0.00810 e. The third-order valence-electron chi connectivity index (χ3n) is 2.79. The molecule has 0 saturated carbocycles. The van der Waals surface area contributed by atoms with Crippen molar-refractivity contribution in [3.8, 4) is 0 Å². The average Bonchev–Trinajstić information content (AvgIpc) is 2.92. The SMILES string of the molecule is CC[P@@]1C(c2ccccc2)=C1C(C)(C)C. The normalized spacial score (nSPS) is 20.7. The van der Waals surface area contributed by atoms with Crippen molar-refractivity contribution in [1.82, 2.24) is 0 Å². The lowest BCUT2D eigenvalue weighted by Crippen LogP contribution is -2.00. The zero-order valence-corrected chi connectivity index (χ0v) is 10.9. The predicted octanol–water partition coefficient (Wildman–Crippen LogP) is 4.92. The fraction of sp³-hybridized carbons (Fsp3) is 0.429. The van der Waals surface area contributed by atoms with Crippen molar-refractivity contribution in [3.63, 3.8) is 0 Å². The molecule has 0 aromatic heterocycles. The minimum atomic E-state index is 0.0939. The fourth-order valence-electron chi connectivity index (χ4n) is 2.16. The van der Waals surface area contributed by atoms with Crippen molar-refractivity contribution in [2.24, 2.45) is 5.41 Å². The van der Waals surface area contributed by atoms with Gasteiger partial charge in [0.15, 0.2) is 0 Å². The highest BCUT2D eigenvalue weighted by molar-refractivity contribution is 7.81. The summed E-state index contributed by atoms with van der Waals surface area (Å²) in [5, 5.41) is 3.40. The van der Waals surface area contributed by atoms with Gasteiger partial charge in [0, 0.05) is 0 Å². The van der Waals surface area contributed by atoms with Crippen molar-refractivity contribution in [2.75, 3.05) is 6.16 Å². The van der Waals surface area contributed by atoms with Gasteiger partial charge in [0.05, 0.1) is 0 Å². The van der Waals surface area contributed by atoms with Crippen LogP contribution >= 0.6 is 7.92 Å². The molecule has 2 rings (SSSR count). The third kappa shape index (κ3) is 2.01. The van der Waals surface area contributed by atoms with Crippen molar-refractivity contribution in [1.29, 1.82) is 0 Å². The third-order valence-corrected chi connectivity index (χ3v) is 5.65. The van der Waals surface area contributed by atoms with Crippen LogP contribution in [0.5, 0.6) is 0 Å². The predicted molar refractivity (Wildman–Crippen MR) is 70.3 cm³/mol. The minimum Gasteiger partial charge on any atom is -0.0622 e. The van der Waals surface area contributed by atoms with Gasteiger partial charge in [-0.15, -0.1) is 0 Å². The molecule has 0 bridgehead atoms. The summed E-state index contributed by atoms with van der Waals surface area (Å²) in [6, 6.07) is 10.9. The minimum absolute atomic E-state index is 0.0939. The molecule has 1 aliphatic rings. The molecule has 0 aliphatic carbocycles. The van der Waals surface area contributed by atoms with Gasteiger partial charge in [-0.2, -0.15) is 0 Å². The van der Waals surface area contributed by atoms with E-state index in [0.717, 1.165) is 0 Å². The van der Waals surface area contributed by atoms with E-state index in [4.69, 9.17) is 0 Å². The second kappa shape index (κ2) is 3.76. The topological polar surface area (TPSA) is 0 Å². The van der Waals surface area contributed by atoms with Crippen molar-refractivity contribution in [3.05, 3.63) is 41.2 Å². The largest absolute Gasteiger partial charge is 0.0622 e. The van der Waals surface area contributed by atoms with E-state index >= 15 is 0 Å². The molecule has 1 aromatic rings. The second-order valence-electron chi connectivity index (χ2n) is 5.06. The molecular formula is C14H19P. The fourth-order valence-corrected chi connectivity index (χ4v) is 5.14.